The van der Waals surface area contributed by atoms with Crippen LogP contribution in [0.3, 0.4) is 0 Å². The van der Waals surface area contributed by atoms with E-state index in [1.807, 2.05) is 32.9 Å². The third kappa shape index (κ3) is 4.65. The molecule has 3 rings (SSSR count). The van der Waals surface area contributed by atoms with Gasteiger partial charge in [-0.3, -0.25) is 0 Å². The van der Waals surface area contributed by atoms with Crippen LogP contribution in [0, 0.1) is 20.8 Å². The number of benzene rings is 2. The van der Waals surface area contributed by atoms with Crippen molar-refractivity contribution >= 4 is 10.0 Å². The lowest BCUT2D eigenvalue weighted by atomic mass is 9.95. The summed E-state index contributed by atoms with van der Waals surface area (Å²) in [5.74, 6) is 0.744. The van der Waals surface area contributed by atoms with E-state index in [0.29, 0.717) is 36.2 Å². The smallest absolute Gasteiger partial charge is 0.243 e. The maximum atomic E-state index is 13.0. The predicted octanol–water partition coefficient (Wildman–Crippen LogP) is 2.53. The molecule has 2 aromatic carbocycles. The van der Waals surface area contributed by atoms with Gasteiger partial charge in [0.25, 0.3) is 0 Å². The van der Waals surface area contributed by atoms with Gasteiger partial charge in [0.15, 0.2) is 0 Å². The van der Waals surface area contributed by atoms with E-state index in [4.69, 9.17) is 0 Å². The van der Waals surface area contributed by atoms with Gasteiger partial charge in [0.1, 0.15) is 12.3 Å². The van der Waals surface area contributed by atoms with Crippen molar-refractivity contribution in [3.63, 3.8) is 0 Å². The normalized spacial score (nSPS) is 16.5. The molecule has 0 amide bonds. The first-order valence-corrected chi connectivity index (χ1v) is 11.8. The van der Waals surface area contributed by atoms with Crippen LogP contribution in [-0.4, -0.2) is 44.0 Å². The highest BCUT2D eigenvalue weighted by atomic mass is 32.2. The molecule has 5 nitrogen and oxygen atoms in total. The second-order valence-corrected chi connectivity index (χ2v) is 10.5. The molecule has 2 N–H and O–H groups in total. The van der Waals surface area contributed by atoms with E-state index < -0.39 is 10.0 Å². The van der Waals surface area contributed by atoms with Gasteiger partial charge in [-0.2, -0.15) is 4.31 Å². The van der Waals surface area contributed by atoms with E-state index in [0.717, 1.165) is 35.3 Å². The third-order valence-electron chi connectivity index (χ3n) is 6.08. The number of aryl methyl sites for hydroxylation is 3. The first-order valence-electron chi connectivity index (χ1n) is 10.3. The summed E-state index contributed by atoms with van der Waals surface area (Å²) in [6, 6.07) is 9.30. The van der Waals surface area contributed by atoms with Crippen LogP contribution in [0.15, 0.2) is 35.2 Å². The molecular weight excluding hydrogens is 384 g/mol. The lowest BCUT2D eigenvalue weighted by Crippen LogP contribution is -3.13. The zero-order valence-electron chi connectivity index (χ0n) is 18.1. The van der Waals surface area contributed by atoms with Gasteiger partial charge >= 0.3 is 0 Å². The highest BCUT2D eigenvalue weighted by Gasteiger charge is 2.31. The second kappa shape index (κ2) is 8.46. The first-order chi connectivity index (χ1) is 13.6. The molecule has 0 bridgehead atoms. The maximum Gasteiger partial charge on any atom is 0.243 e. The van der Waals surface area contributed by atoms with E-state index in [-0.39, 0.29) is 0 Å². The summed E-state index contributed by atoms with van der Waals surface area (Å²) in [4.78, 5) is 1.67. The number of nitrogens with zero attached hydrogens (tertiary/aromatic N) is 1. The zero-order valence-corrected chi connectivity index (χ0v) is 18.9. The summed E-state index contributed by atoms with van der Waals surface area (Å²) in [6.07, 6.45) is 0. The van der Waals surface area contributed by atoms with Crippen LogP contribution in [0.5, 0.6) is 5.75 Å². The van der Waals surface area contributed by atoms with Crippen molar-refractivity contribution in [1.82, 2.24) is 4.31 Å². The Balaban J connectivity index is 1.69. The van der Waals surface area contributed by atoms with Crippen molar-refractivity contribution in [1.29, 1.82) is 0 Å². The quantitative estimate of drug-likeness (QED) is 0.786. The number of aromatic hydroxyl groups is 1. The summed E-state index contributed by atoms with van der Waals surface area (Å²) in [7, 11) is -3.46. The van der Waals surface area contributed by atoms with E-state index >= 15 is 0 Å². The predicted molar refractivity (Wildman–Crippen MR) is 116 cm³/mol. The van der Waals surface area contributed by atoms with Crippen molar-refractivity contribution in [3.05, 3.63) is 58.1 Å². The van der Waals surface area contributed by atoms with Crippen LogP contribution in [-0.2, 0) is 16.6 Å². The molecule has 2 aromatic rings. The minimum absolute atomic E-state index is 0.338. The van der Waals surface area contributed by atoms with Crippen LogP contribution in [0.4, 0.5) is 0 Å². The summed E-state index contributed by atoms with van der Waals surface area (Å²) >= 11 is 0. The lowest BCUT2D eigenvalue weighted by molar-refractivity contribution is -0.917. The highest BCUT2D eigenvalue weighted by Crippen LogP contribution is 2.27. The number of rotatable bonds is 5. The molecule has 1 aliphatic heterocycles. The Bertz CT molecular complexity index is 991. The van der Waals surface area contributed by atoms with Gasteiger partial charge in [0.2, 0.25) is 10.0 Å². The molecule has 1 fully saturated rings. The molecule has 0 saturated carbocycles. The molecule has 0 spiro atoms. The standard InChI is InChI=1S/C23H32N2O3S/c1-16(2)22-14-20(23(26)13-19(22)5)15-24-8-10-25(11-9-24)29(27,28)21-7-6-17(3)18(4)12-21/h6-7,12-14,16,26H,8-11,15H2,1-5H3/p+1. The Labute approximate surface area is 175 Å². The molecule has 158 valence electrons. The van der Waals surface area contributed by atoms with E-state index in [1.54, 1.807) is 16.4 Å². The lowest BCUT2D eigenvalue weighted by Gasteiger charge is -2.32. The topological polar surface area (TPSA) is 62.0 Å². The van der Waals surface area contributed by atoms with Crippen molar-refractivity contribution in [3.8, 4) is 5.75 Å². The summed E-state index contributed by atoms with van der Waals surface area (Å²) in [5.41, 5.74) is 5.40. The van der Waals surface area contributed by atoms with Gasteiger partial charge in [0, 0.05) is 5.56 Å². The largest absolute Gasteiger partial charge is 0.507 e. The number of hydrogen-bond acceptors (Lipinski definition) is 3. The molecule has 1 saturated heterocycles. The van der Waals surface area contributed by atoms with Crippen LogP contribution >= 0.6 is 0 Å². The number of hydrogen-bond donors (Lipinski definition) is 2. The van der Waals surface area contributed by atoms with Crippen molar-refractivity contribution in [2.24, 2.45) is 0 Å². The van der Waals surface area contributed by atoms with Crippen molar-refractivity contribution < 1.29 is 18.4 Å². The van der Waals surface area contributed by atoms with Gasteiger partial charge in [-0.1, -0.05) is 19.9 Å². The number of phenols is 1. The molecule has 29 heavy (non-hydrogen) atoms. The van der Waals surface area contributed by atoms with E-state index in [9.17, 15) is 13.5 Å². The van der Waals surface area contributed by atoms with Crippen LogP contribution in [0.2, 0.25) is 0 Å². The average Bonchev–Trinajstić information content (AvgIpc) is 2.66. The summed E-state index contributed by atoms with van der Waals surface area (Å²) in [6.45, 7) is 13.4. The fourth-order valence-corrected chi connectivity index (χ4v) is 5.56. The SMILES string of the molecule is Cc1ccc(S(=O)(=O)N2CC[NH+](Cc3cc(C(C)C)c(C)cc3O)CC2)cc1C. The Morgan fingerprint density at radius 3 is 2.24 bits per heavy atom. The van der Waals surface area contributed by atoms with Gasteiger partial charge in [-0.15, -0.1) is 0 Å². The molecule has 0 aromatic heterocycles. The Morgan fingerprint density at radius 1 is 1.00 bits per heavy atom. The summed E-state index contributed by atoms with van der Waals surface area (Å²) < 4.78 is 27.6. The molecule has 0 atom stereocenters. The van der Waals surface area contributed by atoms with E-state index in [2.05, 4.69) is 19.9 Å². The molecule has 0 unspecified atom stereocenters. The number of sulfonamides is 1. The molecular formula is C23H33N2O3S+. The first kappa shape index (κ1) is 21.8. The molecule has 1 aliphatic rings. The van der Waals surface area contributed by atoms with Gasteiger partial charge in [-0.05, 0) is 73.2 Å². The van der Waals surface area contributed by atoms with Gasteiger partial charge in [0.05, 0.1) is 31.1 Å². The van der Waals surface area contributed by atoms with Crippen LogP contribution in [0.25, 0.3) is 0 Å². The van der Waals surface area contributed by atoms with Gasteiger partial charge in [-0.25, -0.2) is 8.42 Å². The third-order valence-corrected chi connectivity index (χ3v) is 7.97. The molecule has 0 aliphatic carbocycles. The highest BCUT2D eigenvalue weighted by molar-refractivity contribution is 7.89. The Kier molecular flexibility index (Phi) is 6.36. The zero-order chi connectivity index (χ0) is 21.3. The Morgan fingerprint density at radius 2 is 1.66 bits per heavy atom. The van der Waals surface area contributed by atoms with Crippen molar-refractivity contribution in [2.75, 3.05) is 26.2 Å². The van der Waals surface area contributed by atoms with Crippen LogP contribution in [0.1, 0.15) is 47.6 Å². The average molecular weight is 418 g/mol. The van der Waals surface area contributed by atoms with Gasteiger partial charge < -0.3 is 10.0 Å². The minimum Gasteiger partial charge on any atom is -0.507 e. The fraction of sp³-hybridized carbons (Fsp3) is 0.478. The van der Waals surface area contributed by atoms with Crippen LogP contribution < -0.4 is 4.90 Å². The maximum absolute atomic E-state index is 13.0. The molecule has 6 heteroatoms. The number of phenolic OH excluding ortho intramolecular Hbond substituents is 1. The fourth-order valence-electron chi connectivity index (χ4n) is 4.03. The van der Waals surface area contributed by atoms with Crippen molar-refractivity contribution in [2.45, 2.75) is 52.0 Å². The number of quaternary nitrogens is 1. The second-order valence-electron chi connectivity index (χ2n) is 8.57. The molecule has 0 radical (unpaired) electrons. The van der Waals surface area contributed by atoms with E-state index in [1.165, 1.54) is 10.5 Å². The Hall–Kier alpha value is -1.89. The molecule has 1 heterocycles. The number of piperazine rings is 1. The summed E-state index contributed by atoms with van der Waals surface area (Å²) in [5, 5.41) is 10.4. The number of nitrogens with one attached hydrogen (secondary N) is 1. The minimum atomic E-state index is -3.46. The monoisotopic (exact) mass is 417 g/mol.